The van der Waals surface area contributed by atoms with Crippen molar-refractivity contribution in [2.75, 3.05) is 0 Å². The van der Waals surface area contributed by atoms with Crippen LogP contribution in [0.1, 0.15) is 12.1 Å². The van der Waals surface area contributed by atoms with Gasteiger partial charge in [-0.1, -0.05) is 5.92 Å². The van der Waals surface area contributed by atoms with Gasteiger partial charge in [-0.25, -0.2) is 0 Å². The third kappa shape index (κ3) is 2.46. The molecule has 1 rings (SSSR count). The number of rotatable bonds is 1. The van der Waals surface area contributed by atoms with Gasteiger partial charge in [0.25, 0.3) is 0 Å². The Morgan fingerprint density at radius 1 is 1.83 bits per heavy atom. The highest BCUT2D eigenvalue weighted by atomic mass is 16.4. The zero-order valence-corrected chi connectivity index (χ0v) is 6.61. The van der Waals surface area contributed by atoms with Crippen LogP contribution in [0.5, 0.6) is 0 Å². The molecule has 0 amide bonds. The number of hydrogen-bond acceptors (Lipinski definition) is 2. The molecule has 1 aromatic heterocycles. The first-order chi connectivity index (χ1) is 5.68. The molecule has 1 heterocycles. The Labute approximate surface area is 69.8 Å². The molecule has 0 saturated carbocycles. The van der Waals surface area contributed by atoms with Crippen LogP contribution in [-0.4, -0.2) is 20.9 Å². The van der Waals surface area contributed by atoms with Crippen molar-refractivity contribution in [3.05, 3.63) is 18.0 Å². The van der Waals surface area contributed by atoms with E-state index in [1.165, 1.54) is 0 Å². The largest absolute Gasteiger partial charge is 0.481 e. The van der Waals surface area contributed by atoms with Gasteiger partial charge in [-0.15, -0.1) is 0 Å². The minimum Gasteiger partial charge on any atom is -0.481 e. The summed E-state index contributed by atoms with van der Waals surface area (Å²) in [7, 11) is 1.78. The van der Waals surface area contributed by atoms with Crippen LogP contribution in [-0.2, 0) is 11.8 Å². The third-order valence-electron chi connectivity index (χ3n) is 1.17. The van der Waals surface area contributed by atoms with Crippen LogP contribution in [0, 0.1) is 11.8 Å². The van der Waals surface area contributed by atoms with Crippen molar-refractivity contribution >= 4 is 5.97 Å². The summed E-state index contributed by atoms with van der Waals surface area (Å²) in [6, 6.07) is 1.73. The van der Waals surface area contributed by atoms with Crippen LogP contribution in [0.15, 0.2) is 12.3 Å². The van der Waals surface area contributed by atoms with Crippen molar-refractivity contribution in [3.8, 4) is 11.8 Å². The molecule has 0 unspecified atom stereocenters. The maximum absolute atomic E-state index is 10.1. The molecule has 0 aliphatic rings. The van der Waals surface area contributed by atoms with Gasteiger partial charge in [0, 0.05) is 13.2 Å². The van der Waals surface area contributed by atoms with E-state index in [1.807, 2.05) is 0 Å². The van der Waals surface area contributed by atoms with Gasteiger partial charge in [0.05, 0.1) is 0 Å². The second kappa shape index (κ2) is 3.58. The van der Waals surface area contributed by atoms with E-state index in [0.717, 1.165) is 0 Å². The van der Waals surface area contributed by atoms with Crippen molar-refractivity contribution in [1.29, 1.82) is 0 Å². The number of nitrogens with zero attached hydrogens (tertiary/aromatic N) is 2. The first kappa shape index (κ1) is 8.34. The molecule has 4 nitrogen and oxygen atoms in total. The first-order valence-electron chi connectivity index (χ1n) is 3.39. The molecular weight excluding hydrogens is 156 g/mol. The maximum atomic E-state index is 10.1. The molecule has 0 saturated heterocycles. The van der Waals surface area contributed by atoms with E-state index in [4.69, 9.17) is 5.11 Å². The van der Waals surface area contributed by atoms with Crippen molar-refractivity contribution in [3.63, 3.8) is 0 Å². The monoisotopic (exact) mass is 164 g/mol. The number of carbonyl (C=O) groups is 1. The van der Waals surface area contributed by atoms with Crippen LogP contribution in [0.3, 0.4) is 0 Å². The Balaban J connectivity index is 2.60. The normalized spacial score (nSPS) is 8.75. The molecular formula is C8H8N2O2. The van der Waals surface area contributed by atoms with Gasteiger partial charge < -0.3 is 5.11 Å². The van der Waals surface area contributed by atoms with Crippen LogP contribution >= 0.6 is 0 Å². The summed E-state index contributed by atoms with van der Waals surface area (Å²) >= 11 is 0. The number of aromatic nitrogens is 2. The molecule has 0 spiro atoms. The van der Waals surface area contributed by atoms with E-state index in [-0.39, 0.29) is 6.42 Å². The Morgan fingerprint density at radius 2 is 2.58 bits per heavy atom. The molecule has 4 heteroatoms. The van der Waals surface area contributed by atoms with Crippen LogP contribution in [0.2, 0.25) is 0 Å². The number of hydrogen-bond donors (Lipinski definition) is 1. The van der Waals surface area contributed by atoms with Crippen molar-refractivity contribution in [2.24, 2.45) is 7.05 Å². The molecule has 0 fully saturated rings. The molecule has 0 bridgehead atoms. The highest BCUT2D eigenvalue weighted by Gasteiger charge is 1.91. The summed E-state index contributed by atoms with van der Waals surface area (Å²) in [5.74, 6) is 4.20. The zero-order chi connectivity index (χ0) is 8.97. The second-order valence-electron chi connectivity index (χ2n) is 2.25. The van der Waals surface area contributed by atoms with E-state index in [2.05, 4.69) is 16.9 Å². The fourth-order valence-electron chi connectivity index (χ4n) is 0.692. The highest BCUT2D eigenvalue weighted by molar-refractivity contribution is 5.70. The second-order valence-corrected chi connectivity index (χ2v) is 2.25. The molecule has 0 aromatic carbocycles. The molecule has 1 aromatic rings. The van der Waals surface area contributed by atoms with Gasteiger partial charge >= 0.3 is 5.97 Å². The Bertz CT molecular complexity index is 343. The minimum absolute atomic E-state index is 0.142. The topological polar surface area (TPSA) is 55.1 Å². The fraction of sp³-hybridized carbons (Fsp3) is 0.250. The van der Waals surface area contributed by atoms with E-state index in [1.54, 1.807) is 24.0 Å². The summed E-state index contributed by atoms with van der Waals surface area (Å²) in [4.78, 5) is 10.1. The predicted octanol–water partition coefficient (Wildman–Crippen LogP) is 0.246. The molecule has 62 valence electrons. The minimum atomic E-state index is -0.918. The van der Waals surface area contributed by atoms with Gasteiger partial charge in [0.1, 0.15) is 12.1 Å². The molecule has 1 N–H and O–H groups in total. The molecule has 0 aliphatic heterocycles. The summed E-state index contributed by atoms with van der Waals surface area (Å²) in [6.45, 7) is 0. The van der Waals surface area contributed by atoms with Gasteiger partial charge in [-0.05, 0) is 12.0 Å². The average Bonchev–Trinajstić information content (AvgIpc) is 2.35. The number of aliphatic carboxylic acids is 1. The van der Waals surface area contributed by atoms with E-state index in [0.29, 0.717) is 5.69 Å². The Kier molecular flexibility index (Phi) is 2.49. The highest BCUT2D eigenvalue weighted by Crippen LogP contribution is 1.90. The summed E-state index contributed by atoms with van der Waals surface area (Å²) in [6.07, 6.45) is 1.61. The molecule has 0 atom stereocenters. The molecule has 0 aliphatic carbocycles. The van der Waals surface area contributed by atoms with Gasteiger partial charge in [-0.3, -0.25) is 9.48 Å². The van der Waals surface area contributed by atoms with Crippen LogP contribution in [0.4, 0.5) is 0 Å². The van der Waals surface area contributed by atoms with Crippen molar-refractivity contribution in [1.82, 2.24) is 9.78 Å². The van der Waals surface area contributed by atoms with E-state index in [9.17, 15) is 4.79 Å². The van der Waals surface area contributed by atoms with Gasteiger partial charge in [-0.2, -0.15) is 5.10 Å². The first-order valence-corrected chi connectivity index (χ1v) is 3.39. The van der Waals surface area contributed by atoms with Crippen molar-refractivity contribution < 1.29 is 9.90 Å². The standard InChI is InChI=1S/C8H8N2O2/c1-10-6-5-7(9-10)3-2-4-8(11)12/h5-6H,4H2,1H3,(H,11,12). The lowest BCUT2D eigenvalue weighted by atomic mass is 10.4. The molecule has 0 radical (unpaired) electrons. The Hall–Kier alpha value is -1.76. The Morgan fingerprint density at radius 3 is 3.08 bits per heavy atom. The van der Waals surface area contributed by atoms with Crippen LogP contribution in [0.25, 0.3) is 0 Å². The van der Waals surface area contributed by atoms with Gasteiger partial charge in [0.15, 0.2) is 0 Å². The zero-order valence-electron chi connectivity index (χ0n) is 6.61. The predicted molar refractivity (Wildman–Crippen MR) is 42.3 cm³/mol. The van der Waals surface area contributed by atoms with E-state index < -0.39 is 5.97 Å². The summed E-state index contributed by atoms with van der Waals surface area (Å²) in [5, 5.41) is 12.2. The lowest BCUT2D eigenvalue weighted by Gasteiger charge is -1.81. The van der Waals surface area contributed by atoms with Gasteiger partial charge in [0.2, 0.25) is 0 Å². The lowest BCUT2D eigenvalue weighted by molar-refractivity contribution is -0.135. The quantitative estimate of drug-likeness (QED) is 0.605. The van der Waals surface area contributed by atoms with E-state index >= 15 is 0 Å². The summed E-state index contributed by atoms with van der Waals surface area (Å²) in [5.41, 5.74) is 0.596. The number of carboxylic acid groups (broad SMARTS) is 1. The fourth-order valence-corrected chi connectivity index (χ4v) is 0.692. The summed E-state index contributed by atoms with van der Waals surface area (Å²) < 4.78 is 1.62. The smallest absolute Gasteiger partial charge is 0.315 e. The SMILES string of the molecule is Cn1ccc(C#CCC(=O)O)n1. The molecule has 12 heavy (non-hydrogen) atoms. The van der Waals surface area contributed by atoms with Crippen LogP contribution < -0.4 is 0 Å². The maximum Gasteiger partial charge on any atom is 0.315 e. The number of aryl methyl sites for hydroxylation is 1. The average molecular weight is 164 g/mol. The van der Waals surface area contributed by atoms with Crippen molar-refractivity contribution in [2.45, 2.75) is 6.42 Å². The lowest BCUT2D eigenvalue weighted by Crippen LogP contribution is -1.91. The number of carboxylic acids is 1. The third-order valence-corrected chi connectivity index (χ3v) is 1.17.